The predicted molar refractivity (Wildman–Crippen MR) is 82.2 cm³/mol. The zero-order valence-electron chi connectivity index (χ0n) is 13.3. The normalized spacial score (nSPS) is 26.8. The molecule has 2 aliphatic heterocycles. The smallest absolute Gasteiger partial charge is 0.231 e. The highest BCUT2D eigenvalue weighted by atomic mass is 16.5. The van der Waals surface area contributed by atoms with Crippen molar-refractivity contribution in [3.05, 3.63) is 0 Å². The summed E-state index contributed by atoms with van der Waals surface area (Å²) in [5, 5.41) is 3.36. The van der Waals surface area contributed by atoms with E-state index in [2.05, 4.69) is 15.1 Å². The second-order valence-corrected chi connectivity index (χ2v) is 7.00. The first-order chi connectivity index (χ1) is 10.2. The summed E-state index contributed by atoms with van der Waals surface area (Å²) in [4.78, 5) is 17.6. The van der Waals surface area contributed by atoms with E-state index in [4.69, 9.17) is 4.74 Å². The van der Waals surface area contributed by atoms with Crippen LogP contribution in [0.1, 0.15) is 25.7 Å². The van der Waals surface area contributed by atoms with Gasteiger partial charge in [0, 0.05) is 39.8 Å². The number of nitrogens with zero attached hydrogens (tertiary/aromatic N) is 2. The van der Waals surface area contributed by atoms with Gasteiger partial charge in [0.15, 0.2) is 0 Å². The van der Waals surface area contributed by atoms with Gasteiger partial charge in [0.25, 0.3) is 0 Å². The third-order valence-electron chi connectivity index (χ3n) is 5.31. The fourth-order valence-corrected chi connectivity index (χ4v) is 3.74. The summed E-state index contributed by atoms with van der Waals surface area (Å²) in [6.45, 7) is 7.54. The van der Waals surface area contributed by atoms with Gasteiger partial charge in [0.2, 0.25) is 5.91 Å². The van der Waals surface area contributed by atoms with E-state index in [0.717, 1.165) is 58.0 Å². The number of methoxy groups -OCH3 is 1. The molecular weight excluding hydrogens is 266 g/mol. The first-order valence-electron chi connectivity index (χ1n) is 8.45. The van der Waals surface area contributed by atoms with Gasteiger partial charge in [0.05, 0.1) is 12.0 Å². The Balaban J connectivity index is 1.55. The Kier molecular flexibility index (Phi) is 4.82. The highest BCUT2D eigenvalue weighted by Crippen LogP contribution is 2.33. The second-order valence-electron chi connectivity index (χ2n) is 7.00. The van der Waals surface area contributed by atoms with Crippen LogP contribution in [-0.2, 0) is 9.53 Å². The van der Waals surface area contributed by atoms with Crippen LogP contribution in [0.5, 0.6) is 0 Å². The minimum Gasteiger partial charge on any atom is -0.384 e. The van der Waals surface area contributed by atoms with Gasteiger partial charge in [-0.05, 0) is 44.7 Å². The van der Waals surface area contributed by atoms with E-state index < -0.39 is 0 Å². The van der Waals surface area contributed by atoms with Gasteiger partial charge in [-0.3, -0.25) is 9.69 Å². The molecule has 120 valence electrons. The predicted octanol–water partition coefficient (Wildman–Crippen LogP) is 0.557. The van der Waals surface area contributed by atoms with Gasteiger partial charge in [-0.2, -0.15) is 0 Å². The highest BCUT2D eigenvalue weighted by molar-refractivity contribution is 5.83. The molecule has 3 fully saturated rings. The standard InChI is InChI=1S/C16H29N3O2/c1-21-13-16(4-6-17-7-5-16)15(20)19-10-8-18(9-11-19)12-14-2-3-14/h14,17H,2-13H2,1H3. The van der Waals surface area contributed by atoms with Crippen molar-refractivity contribution in [3.63, 3.8) is 0 Å². The molecule has 1 saturated carbocycles. The molecule has 1 N–H and O–H groups in total. The fraction of sp³-hybridized carbons (Fsp3) is 0.938. The molecule has 0 aromatic rings. The lowest BCUT2D eigenvalue weighted by Crippen LogP contribution is -2.56. The highest BCUT2D eigenvalue weighted by Gasteiger charge is 2.42. The van der Waals surface area contributed by atoms with E-state index in [0.29, 0.717) is 12.5 Å². The summed E-state index contributed by atoms with van der Waals surface area (Å²) in [7, 11) is 1.71. The lowest BCUT2D eigenvalue weighted by molar-refractivity contribution is -0.149. The molecule has 21 heavy (non-hydrogen) atoms. The van der Waals surface area contributed by atoms with Crippen molar-refractivity contribution in [1.82, 2.24) is 15.1 Å². The first kappa shape index (κ1) is 15.3. The summed E-state index contributed by atoms with van der Waals surface area (Å²) in [6.07, 6.45) is 4.62. The topological polar surface area (TPSA) is 44.8 Å². The Bertz CT molecular complexity index is 351. The van der Waals surface area contributed by atoms with Crippen molar-refractivity contribution in [1.29, 1.82) is 0 Å². The molecule has 0 spiro atoms. The Hall–Kier alpha value is -0.650. The van der Waals surface area contributed by atoms with Gasteiger partial charge >= 0.3 is 0 Å². The van der Waals surface area contributed by atoms with Crippen molar-refractivity contribution < 1.29 is 9.53 Å². The number of nitrogens with one attached hydrogen (secondary N) is 1. The van der Waals surface area contributed by atoms with E-state index in [1.165, 1.54) is 19.4 Å². The van der Waals surface area contributed by atoms with Crippen molar-refractivity contribution >= 4 is 5.91 Å². The van der Waals surface area contributed by atoms with E-state index in [9.17, 15) is 4.79 Å². The maximum absolute atomic E-state index is 13.0. The minimum absolute atomic E-state index is 0.279. The van der Waals surface area contributed by atoms with Crippen LogP contribution >= 0.6 is 0 Å². The molecule has 5 nitrogen and oxygen atoms in total. The van der Waals surface area contributed by atoms with E-state index >= 15 is 0 Å². The number of carbonyl (C=O) groups excluding carboxylic acids is 1. The van der Waals surface area contributed by atoms with Gasteiger partial charge in [0.1, 0.15) is 0 Å². The largest absolute Gasteiger partial charge is 0.384 e. The molecule has 0 atom stereocenters. The molecular formula is C16H29N3O2. The molecule has 3 rings (SSSR count). The Labute approximate surface area is 128 Å². The first-order valence-corrected chi connectivity index (χ1v) is 8.45. The van der Waals surface area contributed by atoms with E-state index in [-0.39, 0.29) is 5.41 Å². The molecule has 0 bridgehead atoms. The monoisotopic (exact) mass is 295 g/mol. The van der Waals surface area contributed by atoms with E-state index in [1.807, 2.05) is 0 Å². The molecule has 1 aliphatic carbocycles. The molecule has 5 heteroatoms. The van der Waals surface area contributed by atoms with Gasteiger partial charge in [-0.25, -0.2) is 0 Å². The lowest BCUT2D eigenvalue weighted by Gasteiger charge is -2.42. The fourth-order valence-electron chi connectivity index (χ4n) is 3.74. The zero-order valence-corrected chi connectivity index (χ0v) is 13.3. The zero-order chi connectivity index (χ0) is 14.7. The summed E-state index contributed by atoms with van der Waals surface area (Å²) in [5.41, 5.74) is -0.279. The molecule has 1 amide bonds. The summed E-state index contributed by atoms with van der Waals surface area (Å²) < 4.78 is 5.39. The maximum atomic E-state index is 13.0. The lowest BCUT2D eigenvalue weighted by atomic mass is 9.78. The summed E-state index contributed by atoms with van der Waals surface area (Å²) in [6, 6.07) is 0. The second kappa shape index (κ2) is 6.63. The summed E-state index contributed by atoms with van der Waals surface area (Å²) >= 11 is 0. The molecule has 2 saturated heterocycles. The number of piperidine rings is 1. The van der Waals surface area contributed by atoms with Crippen molar-refractivity contribution in [2.24, 2.45) is 11.3 Å². The molecule has 0 radical (unpaired) electrons. The molecule has 0 aromatic carbocycles. The van der Waals surface area contributed by atoms with Crippen molar-refractivity contribution in [2.45, 2.75) is 25.7 Å². The number of rotatable bonds is 5. The van der Waals surface area contributed by atoms with Crippen LogP contribution in [0.4, 0.5) is 0 Å². The van der Waals surface area contributed by atoms with Gasteiger partial charge in [-0.15, -0.1) is 0 Å². The number of carbonyl (C=O) groups is 1. The average Bonchev–Trinajstić information content (AvgIpc) is 3.33. The van der Waals surface area contributed by atoms with Crippen LogP contribution in [0.3, 0.4) is 0 Å². The number of hydrogen-bond acceptors (Lipinski definition) is 4. The van der Waals surface area contributed by atoms with Crippen LogP contribution in [0.2, 0.25) is 0 Å². The molecule has 0 unspecified atom stereocenters. The maximum Gasteiger partial charge on any atom is 0.231 e. The average molecular weight is 295 g/mol. The number of piperazine rings is 1. The van der Waals surface area contributed by atoms with Gasteiger partial charge in [-0.1, -0.05) is 0 Å². The SMILES string of the molecule is COCC1(C(=O)N2CCN(CC3CC3)CC2)CCNCC1. The number of hydrogen-bond donors (Lipinski definition) is 1. The van der Waals surface area contributed by atoms with Crippen LogP contribution in [0.15, 0.2) is 0 Å². The Morgan fingerprint density at radius 2 is 1.86 bits per heavy atom. The van der Waals surface area contributed by atoms with Gasteiger partial charge < -0.3 is 15.0 Å². The van der Waals surface area contributed by atoms with Crippen LogP contribution in [0.25, 0.3) is 0 Å². The molecule has 0 aromatic heterocycles. The summed E-state index contributed by atoms with van der Waals surface area (Å²) in [5.74, 6) is 1.27. The number of amides is 1. The van der Waals surface area contributed by atoms with Crippen molar-refractivity contribution in [3.8, 4) is 0 Å². The number of ether oxygens (including phenoxy) is 1. The minimum atomic E-state index is -0.279. The molecule has 2 heterocycles. The third kappa shape index (κ3) is 3.58. The van der Waals surface area contributed by atoms with Crippen LogP contribution < -0.4 is 5.32 Å². The Morgan fingerprint density at radius 1 is 1.19 bits per heavy atom. The molecule has 3 aliphatic rings. The Morgan fingerprint density at radius 3 is 2.43 bits per heavy atom. The van der Waals surface area contributed by atoms with Crippen LogP contribution in [0, 0.1) is 11.3 Å². The van der Waals surface area contributed by atoms with Crippen molar-refractivity contribution in [2.75, 3.05) is 59.5 Å². The quantitative estimate of drug-likeness (QED) is 0.805. The van der Waals surface area contributed by atoms with Crippen LogP contribution in [-0.4, -0.2) is 75.2 Å². The van der Waals surface area contributed by atoms with E-state index in [1.54, 1.807) is 7.11 Å². The third-order valence-corrected chi connectivity index (χ3v) is 5.31.